The molecule has 1 unspecified atom stereocenters. The van der Waals surface area contributed by atoms with E-state index in [4.69, 9.17) is 28.3 Å². The number of benzene rings is 1. The van der Waals surface area contributed by atoms with Gasteiger partial charge in [-0.3, -0.25) is 4.79 Å². The third-order valence-corrected chi connectivity index (χ3v) is 4.71. The van der Waals surface area contributed by atoms with Crippen molar-refractivity contribution in [2.75, 3.05) is 0 Å². The van der Waals surface area contributed by atoms with Gasteiger partial charge in [-0.25, -0.2) is 17.9 Å². The Kier molecular flexibility index (Phi) is 5.98. The lowest BCUT2D eigenvalue weighted by molar-refractivity contribution is 0.0938. The zero-order valence-corrected chi connectivity index (χ0v) is 13.7. The van der Waals surface area contributed by atoms with Gasteiger partial charge >= 0.3 is 0 Å². The summed E-state index contributed by atoms with van der Waals surface area (Å²) >= 11 is 11.4. The predicted molar refractivity (Wildman–Crippen MR) is 79.6 cm³/mol. The Morgan fingerprint density at radius 1 is 1.43 bits per heavy atom. The molecule has 0 aromatic heterocycles. The fraction of sp³-hybridized carbons (Fsp3) is 0.417. The maximum Gasteiger partial charge on any atom is 0.253 e. The van der Waals surface area contributed by atoms with Crippen LogP contribution in [-0.2, 0) is 10.0 Å². The SMILES string of the molecule is CCCC(C)NC(=O)c1cc(F)c(Cl)c(S(N)(=O)=O)c1Cl. The Balaban J connectivity index is 3.33. The maximum atomic E-state index is 13.7. The first kappa shape index (κ1) is 18.2. The summed E-state index contributed by atoms with van der Waals surface area (Å²) in [5, 5.41) is 6.31. The second-order valence-electron chi connectivity index (χ2n) is 4.57. The van der Waals surface area contributed by atoms with Crippen LogP contribution in [-0.4, -0.2) is 20.4 Å². The monoisotopic (exact) mass is 356 g/mol. The van der Waals surface area contributed by atoms with E-state index in [2.05, 4.69) is 5.32 Å². The third-order valence-electron chi connectivity index (χ3n) is 2.74. The molecule has 1 aromatic rings. The molecule has 0 saturated carbocycles. The van der Waals surface area contributed by atoms with Crippen molar-refractivity contribution in [1.29, 1.82) is 0 Å². The Hall–Kier alpha value is -0.890. The molecular weight excluding hydrogens is 342 g/mol. The molecule has 0 fully saturated rings. The summed E-state index contributed by atoms with van der Waals surface area (Å²) in [5.41, 5.74) is -0.328. The molecule has 0 aliphatic rings. The van der Waals surface area contributed by atoms with Gasteiger partial charge in [-0.15, -0.1) is 0 Å². The van der Waals surface area contributed by atoms with Gasteiger partial charge in [-0.05, 0) is 19.4 Å². The van der Waals surface area contributed by atoms with E-state index in [-0.39, 0.29) is 11.6 Å². The van der Waals surface area contributed by atoms with E-state index in [1.54, 1.807) is 6.92 Å². The highest BCUT2D eigenvalue weighted by Crippen LogP contribution is 2.33. The average molecular weight is 357 g/mol. The number of hydrogen-bond acceptors (Lipinski definition) is 3. The summed E-state index contributed by atoms with van der Waals surface area (Å²) in [6, 6.07) is 0.614. The molecule has 5 nitrogen and oxygen atoms in total. The average Bonchev–Trinajstić information content (AvgIpc) is 2.32. The molecule has 1 amide bonds. The zero-order chi connectivity index (χ0) is 16.4. The molecule has 118 valence electrons. The van der Waals surface area contributed by atoms with Crippen LogP contribution in [0.4, 0.5) is 4.39 Å². The number of amides is 1. The van der Waals surface area contributed by atoms with Gasteiger partial charge in [0.25, 0.3) is 5.91 Å². The fourth-order valence-electron chi connectivity index (χ4n) is 1.80. The van der Waals surface area contributed by atoms with Gasteiger partial charge in [0.2, 0.25) is 10.0 Å². The van der Waals surface area contributed by atoms with Crippen molar-refractivity contribution in [3.05, 3.63) is 27.5 Å². The smallest absolute Gasteiger partial charge is 0.253 e. The molecule has 9 heteroatoms. The van der Waals surface area contributed by atoms with Crippen LogP contribution in [0.5, 0.6) is 0 Å². The molecular formula is C12H15Cl2FN2O3S. The largest absolute Gasteiger partial charge is 0.350 e. The van der Waals surface area contributed by atoms with Crippen LogP contribution in [0.25, 0.3) is 0 Å². The fourth-order valence-corrected chi connectivity index (χ4v) is 3.59. The molecule has 0 aliphatic carbocycles. The number of hydrogen-bond donors (Lipinski definition) is 2. The Labute approximate surface area is 132 Å². The van der Waals surface area contributed by atoms with E-state index in [0.29, 0.717) is 6.42 Å². The predicted octanol–water partition coefficient (Wildman–Crippen LogP) is 2.70. The number of primary sulfonamides is 1. The lowest BCUT2D eigenvalue weighted by Crippen LogP contribution is -2.33. The molecule has 1 aromatic carbocycles. The first-order valence-electron chi connectivity index (χ1n) is 6.10. The molecule has 3 N–H and O–H groups in total. The van der Waals surface area contributed by atoms with Crippen molar-refractivity contribution in [1.82, 2.24) is 5.32 Å². The molecule has 1 atom stereocenters. The van der Waals surface area contributed by atoms with Crippen LogP contribution in [0, 0.1) is 5.82 Å². The minimum absolute atomic E-state index is 0.171. The quantitative estimate of drug-likeness (QED) is 0.794. The minimum Gasteiger partial charge on any atom is -0.350 e. The van der Waals surface area contributed by atoms with Gasteiger partial charge in [0.15, 0.2) is 0 Å². The number of rotatable bonds is 5. The Morgan fingerprint density at radius 2 is 2.00 bits per heavy atom. The van der Waals surface area contributed by atoms with Crippen LogP contribution in [0.3, 0.4) is 0 Å². The highest BCUT2D eigenvalue weighted by atomic mass is 35.5. The highest BCUT2D eigenvalue weighted by molar-refractivity contribution is 7.89. The number of carbonyl (C=O) groups is 1. The lowest BCUT2D eigenvalue weighted by atomic mass is 10.1. The van der Waals surface area contributed by atoms with Crippen LogP contribution in [0.15, 0.2) is 11.0 Å². The van der Waals surface area contributed by atoms with Gasteiger partial charge in [-0.1, -0.05) is 36.5 Å². The standard InChI is InChI=1S/C12H15Cl2FN2O3S/c1-3-4-6(2)17-12(18)7-5-8(15)10(14)11(9(7)13)21(16,19)20/h5-6H,3-4H2,1-2H3,(H,17,18)(H2,16,19,20). The summed E-state index contributed by atoms with van der Waals surface area (Å²) in [7, 11) is -4.37. The van der Waals surface area contributed by atoms with Crippen LogP contribution in [0.1, 0.15) is 37.0 Å². The van der Waals surface area contributed by atoms with Crippen molar-refractivity contribution in [3.8, 4) is 0 Å². The van der Waals surface area contributed by atoms with Crippen molar-refractivity contribution in [2.45, 2.75) is 37.6 Å². The molecule has 0 bridgehead atoms. The van der Waals surface area contributed by atoms with Crippen LogP contribution in [0.2, 0.25) is 10.0 Å². The summed E-state index contributed by atoms with van der Waals surface area (Å²) in [6.07, 6.45) is 1.55. The number of carbonyl (C=O) groups excluding carboxylic acids is 1. The minimum atomic E-state index is -4.37. The van der Waals surface area contributed by atoms with E-state index < -0.39 is 36.7 Å². The first-order valence-corrected chi connectivity index (χ1v) is 8.41. The summed E-state index contributed by atoms with van der Waals surface area (Å²) < 4.78 is 36.6. The number of sulfonamides is 1. The van der Waals surface area contributed by atoms with Gasteiger partial charge in [-0.2, -0.15) is 0 Å². The molecule has 0 spiro atoms. The normalized spacial score (nSPS) is 13.0. The number of nitrogens with one attached hydrogen (secondary N) is 1. The van der Waals surface area contributed by atoms with Crippen molar-refractivity contribution in [3.63, 3.8) is 0 Å². The molecule has 1 rings (SSSR count). The lowest BCUT2D eigenvalue weighted by Gasteiger charge is -2.15. The molecule has 0 radical (unpaired) electrons. The van der Waals surface area contributed by atoms with E-state index in [1.807, 2.05) is 6.92 Å². The van der Waals surface area contributed by atoms with Gasteiger partial charge in [0.1, 0.15) is 10.7 Å². The zero-order valence-electron chi connectivity index (χ0n) is 11.4. The highest BCUT2D eigenvalue weighted by Gasteiger charge is 2.26. The molecule has 0 heterocycles. The second kappa shape index (κ2) is 6.91. The van der Waals surface area contributed by atoms with Gasteiger partial charge in [0.05, 0.1) is 15.6 Å². The topological polar surface area (TPSA) is 89.3 Å². The molecule has 0 aliphatic heterocycles. The van der Waals surface area contributed by atoms with E-state index in [1.165, 1.54) is 0 Å². The van der Waals surface area contributed by atoms with Crippen LogP contribution < -0.4 is 10.5 Å². The van der Waals surface area contributed by atoms with E-state index >= 15 is 0 Å². The van der Waals surface area contributed by atoms with Crippen molar-refractivity contribution >= 4 is 39.1 Å². The second-order valence-corrected chi connectivity index (χ2v) is 6.83. The number of halogens is 3. The van der Waals surface area contributed by atoms with E-state index in [0.717, 1.165) is 12.5 Å². The number of nitrogens with two attached hydrogens (primary N) is 1. The summed E-state index contributed by atoms with van der Waals surface area (Å²) in [6.45, 7) is 3.71. The van der Waals surface area contributed by atoms with E-state index in [9.17, 15) is 17.6 Å². The van der Waals surface area contributed by atoms with Crippen molar-refractivity contribution < 1.29 is 17.6 Å². The molecule has 21 heavy (non-hydrogen) atoms. The Morgan fingerprint density at radius 3 is 2.48 bits per heavy atom. The maximum absolute atomic E-state index is 13.7. The van der Waals surface area contributed by atoms with Gasteiger partial charge < -0.3 is 5.32 Å². The van der Waals surface area contributed by atoms with Gasteiger partial charge in [0, 0.05) is 6.04 Å². The first-order chi connectivity index (χ1) is 9.59. The van der Waals surface area contributed by atoms with Crippen LogP contribution >= 0.6 is 23.2 Å². The van der Waals surface area contributed by atoms with Crippen molar-refractivity contribution in [2.24, 2.45) is 5.14 Å². The summed E-state index contributed by atoms with van der Waals surface area (Å²) in [5.74, 6) is -1.78. The Bertz CT molecular complexity index is 665. The third kappa shape index (κ3) is 4.29. The molecule has 0 saturated heterocycles. The summed E-state index contributed by atoms with van der Waals surface area (Å²) in [4.78, 5) is 11.3.